The second kappa shape index (κ2) is 6.43. The summed E-state index contributed by atoms with van der Waals surface area (Å²) in [5.74, 6) is 1.29. The number of rotatable bonds is 3. The number of nitrogens with zero attached hydrogens (tertiary/aromatic N) is 3. The van der Waals surface area contributed by atoms with Crippen LogP contribution in [0, 0.1) is 6.92 Å². The minimum atomic E-state index is -2.95. The number of aromatic nitrogens is 2. The number of piperidine rings is 1. The molecule has 0 bridgehead atoms. The molecule has 126 valence electrons. The van der Waals surface area contributed by atoms with Crippen LogP contribution in [0.5, 0.6) is 0 Å². The first-order chi connectivity index (χ1) is 10.9. The van der Waals surface area contributed by atoms with Gasteiger partial charge in [-0.05, 0) is 32.6 Å². The predicted molar refractivity (Wildman–Crippen MR) is 87.2 cm³/mol. The van der Waals surface area contributed by atoms with E-state index in [0.717, 1.165) is 32.4 Å². The third-order valence-corrected chi connectivity index (χ3v) is 6.05. The lowest BCUT2D eigenvalue weighted by atomic mass is 10.1. The Hall–Kier alpha value is -1.70. The van der Waals surface area contributed by atoms with Crippen molar-refractivity contribution in [1.82, 2.24) is 14.9 Å². The number of carbonyl (C=O) groups excluding carboxylic acids is 1. The number of carbonyl (C=O) groups is 1. The zero-order valence-corrected chi connectivity index (χ0v) is 14.1. The Morgan fingerprint density at radius 3 is 2.65 bits per heavy atom. The molecule has 0 aliphatic carbocycles. The van der Waals surface area contributed by atoms with Crippen LogP contribution in [0.25, 0.3) is 0 Å². The largest absolute Gasteiger partial charge is 0.366 e. The summed E-state index contributed by atoms with van der Waals surface area (Å²) in [6, 6.07) is 1.49. The van der Waals surface area contributed by atoms with Crippen LogP contribution >= 0.6 is 0 Å². The molecule has 2 aliphatic rings. The smallest absolute Gasteiger partial charge is 0.272 e. The fraction of sp³-hybridized carbons (Fsp3) is 0.667. The van der Waals surface area contributed by atoms with Crippen LogP contribution in [0.3, 0.4) is 0 Å². The molecule has 0 aromatic carbocycles. The van der Waals surface area contributed by atoms with Crippen LogP contribution in [-0.2, 0) is 9.84 Å². The highest BCUT2D eigenvalue weighted by Crippen LogP contribution is 2.18. The van der Waals surface area contributed by atoms with Crippen molar-refractivity contribution in [2.45, 2.75) is 38.6 Å². The number of aryl methyl sites for hydroxylation is 1. The maximum absolute atomic E-state index is 12.6. The summed E-state index contributed by atoms with van der Waals surface area (Å²) in [5.41, 5.74) is 0.378. The van der Waals surface area contributed by atoms with Crippen molar-refractivity contribution in [2.24, 2.45) is 0 Å². The molecule has 1 aromatic rings. The first-order valence-electron chi connectivity index (χ1n) is 8.05. The topological polar surface area (TPSA) is 92.3 Å². The first kappa shape index (κ1) is 16.2. The minimum Gasteiger partial charge on any atom is -0.366 e. The van der Waals surface area contributed by atoms with Gasteiger partial charge in [0.05, 0.1) is 11.5 Å². The van der Waals surface area contributed by atoms with E-state index in [1.54, 1.807) is 13.0 Å². The van der Waals surface area contributed by atoms with Crippen molar-refractivity contribution in [3.05, 3.63) is 17.6 Å². The SMILES string of the molecule is Cc1nc(NC2CCS(=O)(=O)C2)cc(C(=O)N2CCCCC2)n1. The Morgan fingerprint density at radius 2 is 2.00 bits per heavy atom. The molecule has 8 heteroatoms. The molecule has 1 aromatic heterocycles. The van der Waals surface area contributed by atoms with Crippen LogP contribution in [0.2, 0.25) is 0 Å². The second-order valence-corrected chi connectivity index (χ2v) is 8.51. The molecule has 1 amide bonds. The van der Waals surface area contributed by atoms with E-state index in [9.17, 15) is 13.2 Å². The summed E-state index contributed by atoms with van der Waals surface area (Å²) in [6.45, 7) is 3.28. The van der Waals surface area contributed by atoms with Crippen molar-refractivity contribution in [3.8, 4) is 0 Å². The molecule has 1 atom stereocenters. The summed E-state index contributed by atoms with van der Waals surface area (Å²) in [5, 5.41) is 3.13. The van der Waals surface area contributed by atoms with Gasteiger partial charge in [-0.25, -0.2) is 18.4 Å². The van der Waals surface area contributed by atoms with Crippen molar-refractivity contribution in [1.29, 1.82) is 0 Å². The number of amides is 1. The third-order valence-electron chi connectivity index (χ3n) is 4.28. The monoisotopic (exact) mass is 338 g/mol. The van der Waals surface area contributed by atoms with Crippen molar-refractivity contribution < 1.29 is 13.2 Å². The molecule has 0 radical (unpaired) electrons. The molecule has 0 saturated carbocycles. The Bertz CT molecular complexity index is 699. The van der Waals surface area contributed by atoms with E-state index in [4.69, 9.17) is 0 Å². The van der Waals surface area contributed by atoms with Crippen molar-refractivity contribution >= 4 is 21.6 Å². The van der Waals surface area contributed by atoms with E-state index >= 15 is 0 Å². The van der Waals surface area contributed by atoms with E-state index in [2.05, 4.69) is 15.3 Å². The highest BCUT2D eigenvalue weighted by atomic mass is 32.2. The minimum absolute atomic E-state index is 0.0720. The third kappa shape index (κ3) is 3.99. The maximum atomic E-state index is 12.6. The molecular weight excluding hydrogens is 316 g/mol. The van der Waals surface area contributed by atoms with Gasteiger partial charge in [0.25, 0.3) is 5.91 Å². The fourth-order valence-electron chi connectivity index (χ4n) is 3.13. The highest BCUT2D eigenvalue weighted by molar-refractivity contribution is 7.91. The summed E-state index contributed by atoms with van der Waals surface area (Å²) in [6.07, 6.45) is 3.79. The second-order valence-electron chi connectivity index (χ2n) is 6.28. The Morgan fingerprint density at radius 1 is 1.26 bits per heavy atom. The van der Waals surface area contributed by atoms with Crippen LogP contribution in [-0.4, -0.2) is 59.8 Å². The predicted octanol–water partition coefficient (Wildman–Crippen LogP) is 1.01. The maximum Gasteiger partial charge on any atom is 0.272 e. The lowest BCUT2D eigenvalue weighted by Crippen LogP contribution is -2.36. The molecule has 23 heavy (non-hydrogen) atoms. The van der Waals surface area contributed by atoms with Crippen molar-refractivity contribution in [3.63, 3.8) is 0 Å². The van der Waals surface area contributed by atoms with Gasteiger partial charge in [0.15, 0.2) is 9.84 Å². The van der Waals surface area contributed by atoms with Gasteiger partial charge in [0.1, 0.15) is 17.3 Å². The van der Waals surface area contributed by atoms with Gasteiger partial charge in [-0.2, -0.15) is 0 Å². The summed E-state index contributed by atoms with van der Waals surface area (Å²) in [4.78, 5) is 22.9. The Labute approximate surface area is 136 Å². The molecule has 1 N–H and O–H groups in total. The van der Waals surface area contributed by atoms with E-state index in [-0.39, 0.29) is 23.5 Å². The molecule has 7 nitrogen and oxygen atoms in total. The molecule has 2 aliphatic heterocycles. The van der Waals surface area contributed by atoms with Gasteiger partial charge in [-0.1, -0.05) is 0 Å². The van der Waals surface area contributed by atoms with Crippen LogP contribution in [0.1, 0.15) is 42.0 Å². The number of sulfone groups is 1. The molecular formula is C15H22N4O3S. The molecule has 3 heterocycles. The number of likely N-dealkylation sites (tertiary alicyclic amines) is 1. The van der Waals surface area contributed by atoms with Crippen LogP contribution < -0.4 is 5.32 Å². The number of hydrogen-bond acceptors (Lipinski definition) is 6. The molecule has 1 unspecified atom stereocenters. The summed E-state index contributed by atoms with van der Waals surface area (Å²) >= 11 is 0. The normalized spacial score (nSPS) is 23.7. The lowest BCUT2D eigenvalue weighted by Gasteiger charge is -2.26. The quantitative estimate of drug-likeness (QED) is 0.884. The Kier molecular flexibility index (Phi) is 4.52. The van der Waals surface area contributed by atoms with Gasteiger partial charge in [0.2, 0.25) is 0 Å². The van der Waals surface area contributed by atoms with Gasteiger partial charge >= 0.3 is 0 Å². The Balaban J connectivity index is 1.75. The molecule has 2 fully saturated rings. The number of anilines is 1. The molecule has 2 saturated heterocycles. The standard InChI is InChI=1S/C15H22N4O3S/c1-11-16-13(15(20)19-6-3-2-4-7-19)9-14(17-11)18-12-5-8-23(21,22)10-12/h9,12H,2-8,10H2,1H3,(H,16,17,18). The first-order valence-corrected chi connectivity index (χ1v) is 9.87. The zero-order valence-electron chi connectivity index (χ0n) is 13.3. The zero-order chi connectivity index (χ0) is 16.4. The van der Waals surface area contributed by atoms with Crippen molar-refractivity contribution in [2.75, 3.05) is 29.9 Å². The van der Waals surface area contributed by atoms with Crippen LogP contribution in [0.4, 0.5) is 5.82 Å². The van der Waals surface area contributed by atoms with Gasteiger partial charge in [0, 0.05) is 25.2 Å². The summed E-state index contributed by atoms with van der Waals surface area (Å²) in [7, 11) is -2.95. The van der Waals surface area contributed by atoms with E-state index in [1.807, 2.05) is 4.90 Å². The highest BCUT2D eigenvalue weighted by Gasteiger charge is 2.28. The fourth-order valence-corrected chi connectivity index (χ4v) is 4.80. The van der Waals surface area contributed by atoms with E-state index in [1.165, 1.54) is 0 Å². The van der Waals surface area contributed by atoms with E-state index < -0.39 is 9.84 Å². The van der Waals surface area contributed by atoms with Gasteiger partial charge in [-0.3, -0.25) is 4.79 Å². The number of hydrogen-bond donors (Lipinski definition) is 1. The van der Waals surface area contributed by atoms with Crippen LogP contribution in [0.15, 0.2) is 6.07 Å². The van der Waals surface area contributed by atoms with E-state index in [0.29, 0.717) is 23.8 Å². The summed E-state index contributed by atoms with van der Waals surface area (Å²) < 4.78 is 23.1. The average molecular weight is 338 g/mol. The average Bonchev–Trinajstić information content (AvgIpc) is 2.85. The molecule has 3 rings (SSSR count). The molecule has 0 spiro atoms. The number of nitrogens with one attached hydrogen (secondary N) is 1. The van der Waals surface area contributed by atoms with Gasteiger partial charge < -0.3 is 10.2 Å². The lowest BCUT2D eigenvalue weighted by molar-refractivity contribution is 0.0718. The van der Waals surface area contributed by atoms with Gasteiger partial charge in [-0.15, -0.1) is 0 Å².